The van der Waals surface area contributed by atoms with Crippen LogP contribution in [-0.4, -0.2) is 69.6 Å². The van der Waals surface area contributed by atoms with Crippen molar-refractivity contribution >= 4 is 17.5 Å². The highest BCUT2D eigenvalue weighted by Crippen LogP contribution is 2.26. The van der Waals surface area contributed by atoms with E-state index in [1.165, 1.54) is 0 Å². The van der Waals surface area contributed by atoms with Crippen LogP contribution in [0.15, 0.2) is 18.2 Å². The van der Waals surface area contributed by atoms with Gasteiger partial charge in [0.15, 0.2) is 0 Å². The standard InChI is InChI=1S/C15H19ClN6O/c1-21-7-3-4-11(9-21)22(2)15(23)10-5-6-12(13(16)8-10)14-17-19-20-18-14/h5-6,8,11H,3-4,7,9H2,1-2H3,(H,17,18,19,20)/t11-/m1/s1. The van der Waals surface area contributed by atoms with Crippen molar-refractivity contribution in [2.75, 3.05) is 27.2 Å². The summed E-state index contributed by atoms with van der Waals surface area (Å²) in [6.07, 6.45) is 2.14. The first-order valence-electron chi connectivity index (χ1n) is 7.55. The average molecular weight is 335 g/mol. The van der Waals surface area contributed by atoms with Crippen molar-refractivity contribution in [3.8, 4) is 11.4 Å². The van der Waals surface area contributed by atoms with Gasteiger partial charge in [-0.3, -0.25) is 4.79 Å². The Kier molecular flexibility index (Phi) is 4.58. The Bertz CT molecular complexity index is 689. The summed E-state index contributed by atoms with van der Waals surface area (Å²) in [5.41, 5.74) is 1.22. The van der Waals surface area contributed by atoms with E-state index in [1.807, 2.05) is 11.9 Å². The minimum atomic E-state index is -0.0214. The first kappa shape index (κ1) is 15.9. The van der Waals surface area contributed by atoms with Crippen molar-refractivity contribution in [3.05, 3.63) is 28.8 Å². The predicted octanol–water partition coefficient (Wildman–Crippen LogP) is 1.69. The molecule has 0 unspecified atom stereocenters. The van der Waals surface area contributed by atoms with Crippen LogP contribution in [0.2, 0.25) is 5.02 Å². The van der Waals surface area contributed by atoms with E-state index >= 15 is 0 Å². The monoisotopic (exact) mass is 334 g/mol. The summed E-state index contributed by atoms with van der Waals surface area (Å²) >= 11 is 6.28. The molecule has 1 aliphatic rings. The molecule has 0 radical (unpaired) electrons. The quantitative estimate of drug-likeness (QED) is 0.924. The molecule has 1 N–H and O–H groups in total. The molecule has 3 rings (SSSR count). The second-order valence-corrected chi connectivity index (χ2v) is 6.31. The molecule has 2 aromatic rings. The van der Waals surface area contributed by atoms with E-state index in [2.05, 4.69) is 32.6 Å². The lowest BCUT2D eigenvalue weighted by Gasteiger charge is -2.35. The number of benzene rings is 1. The van der Waals surface area contributed by atoms with Gasteiger partial charge in [-0.1, -0.05) is 11.6 Å². The SMILES string of the molecule is CN1CCC[C@@H](N(C)C(=O)c2ccc(-c3nn[nH]n3)c(Cl)c2)C1. The molecule has 122 valence electrons. The summed E-state index contributed by atoms with van der Waals surface area (Å²) in [7, 11) is 3.94. The number of aromatic amines is 1. The van der Waals surface area contributed by atoms with E-state index in [9.17, 15) is 4.79 Å². The van der Waals surface area contributed by atoms with Crippen LogP contribution in [0.4, 0.5) is 0 Å². The number of carbonyl (C=O) groups excluding carboxylic acids is 1. The number of tetrazole rings is 1. The molecule has 0 saturated carbocycles. The predicted molar refractivity (Wildman–Crippen MR) is 87.2 cm³/mol. The Morgan fingerprint density at radius 2 is 2.30 bits per heavy atom. The van der Waals surface area contributed by atoms with Crippen molar-refractivity contribution in [2.45, 2.75) is 18.9 Å². The summed E-state index contributed by atoms with van der Waals surface area (Å²) < 4.78 is 0. The van der Waals surface area contributed by atoms with Crippen molar-refractivity contribution in [3.63, 3.8) is 0 Å². The lowest BCUT2D eigenvalue weighted by atomic mass is 10.0. The molecule has 0 aliphatic carbocycles. The van der Waals surface area contributed by atoms with Crippen LogP contribution in [0.25, 0.3) is 11.4 Å². The van der Waals surface area contributed by atoms with Gasteiger partial charge in [-0.25, -0.2) is 0 Å². The number of halogens is 1. The first-order chi connectivity index (χ1) is 11.1. The van der Waals surface area contributed by atoms with Crippen molar-refractivity contribution in [1.29, 1.82) is 0 Å². The van der Waals surface area contributed by atoms with Gasteiger partial charge < -0.3 is 9.80 Å². The molecule has 23 heavy (non-hydrogen) atoms. The van der Waals surface area contributed by atoms with Gasteiger partial charge in [0.1, 0.15) is 0 Å². The van der Waals surface area contributed by atoms with Gasteiger partial charge in [0, 0.05) is 30.8 Å². The minimum absolute atomic E-state index is 0.0214. The molecule has 1 atom stereocenters. The molecule has 1 fully saturated rings. The Labute approximate surface area is 139 Å². The lowest BCUT2D eigenvalue weighted by Crippen LogP contribution is -2.47. The molecule has 0 bridgehead atoms. The minimum Gasteiger partial charge on any atom is -0.337 e. The van der Waals surface area contributed by atoms with E-state index in [4.69, 9.17) is 11.6 Å². The Morgan fingerprint density at radius 3 is 2.96 bits per heavy atom. The van der Waals surface area contributed by atoms with Crippen LogP contribution < -0.4 is 0 Å². The number of nitrogens with one attached hydrogen (secondary N) is 1. The molecular formula is C15H19ClN6O. The van der Waals surface area contributed by atoms with Crippen molar-refractivity contribution in [2.24, 2.45) is 0 Å². The molecule has 0 spiro atoms. The summed E-state index contributed by atoms with van der Waals surface area (Å²) in [5.74, 6) is 0.392. The fraction of sp³-hybridized carbons (Fsp3) is 0.467. The third-order valence-corrected chi connectivity index (χ3v) is 4.58. The van der Waals surface area contributed by atoms with Gasteiger partial charge in [0.2, 0.25) is 5.82 Å². The molecule has 1 aromatic heterocycles. The number of likely N-dealkylation sites (N-methyl/N-ethyl adjacent to an activating group) is 2. The Morgan fingerprint density at radius 1 is 1.48 bits per heavy atom. The molecule has 1 amide bonds. The highest BCUT2D eigenvalue weighted by Gasteiger charge is 2.25. The van der Waals surface area contributed by atoms with Gasteiger partial charge in [-0.2, -0.15) is 5.21 Å². The second kappa shape index (κ2) is 6.64. The maximum atomic E-state index is 12.7. The molecule has 7 nitrogen and oxygen atoms in total. The highest BCUT2D eigenvalue weighted by atomic mass is 35.5. The maximum absolute atomic E-state index is 12.7. The number of hydrogen-bond donors (Lipinski definition) is 1. The largest absolute Gasteiger partial charge is 0.337 e. The van der Waals surface area contributed by atoms with Gasteiger partial charge in [0.05, 0.1) is 5.02 Å². The normalized spacial score (nSPS) is 18.8. The van der Waals surface area contributed by atoms with Crippen molar-refractivity contribution < 1.29 is 4.79 Å². The van der Waals surface area contributed by atoms with Crippen LogP contribution in [0.5, 0.6) is 0 Å². The summed E-state index contributed by atoms with van der Waals surface area (Å²) in [5, 5.41) is 14.2. The van der Waals surface area contributed by atoms with E-state index in [0.29, 0.717) is 22.0 Å². The van der Waals surface area contributed by atoms with Gasteiger partial charge >= 0.3 is 0 Å². The number of nitrogens with zero attached hydrogens (tertiary/aromatic N) is 5. The number of aromatic nitrogens is 4. The molecule has 1 saturated heterocycles. The topological polar surface area (TPSA) is 78.0 Å². The maximum Gasteiger partial charge on any atom is 0.253 e. The smallest absolute Gasteiger partial charge is 0.253 e. The Balaban J connectivity index is 1.78. The molecule has 1 aliphatic heterocycles. The molecule has 1 aromatic carbocycles. The molecule has 2 heterocycles. The average Bonchev–Trinajstić information content (AvgIpc) is 3.07. The fourth-order valence-electron chi connectivity index (χ4n) is 2.93. The zero-order valence-corrected chi connectivity index (χ0v) is 13.9. The van der Waals surface area contributed by atoms with Crippen LogP contribution in [0, 0.1) is 0 Å². The number of likely N-dealkylation sites (tertiary alicyclic amines) is 1. The lowest BCUT2D eigenvalue weighted by molar-refractivity contribution is 0.0644. The zero-order chi connectivity index (χ0) is 16.4. The Hall–Kier alpha value is -1.99. The molecule has 8 heteroatoms. The number of amides is 1. The van der Waals surface area contributed by atoms with Crippen molar-refractivity contribution in [1.82, 2.24) is 30.4 Å². The number of rotatable bonds is 3. The van der Waals surface area contributed by atoms with Crippen LogP contribution >= 0.6 is 11.6 Å². The second-order valence-electron chi connectivity index (χ2n) is 5.90. The number of piperidine rings is 1. The summed E-state index contributed by atoms with van der Waals surface area (Å²) in [6.45, 7) is 1.99. The summed E-state index contributed by atoms with van der Waals surface area (Å²) in [6, 6.07) is 5.40. The molecular weight excluding hydrogens is 316 g/mol. The van der Waals surface area contributed by atoms with Crippen LogP contribution in [0.3, 0.4) is 0 Å². The van der Waals surface area contributed by atoms with Crippen LogP contribution in [0.1, 0.15) is 23.2 Å². The number of hydrogen-bond acceptors (Lipinski definition) is 5. The van der Waals surface area contributed by atoms with E-state index < -0.39 is 0 Å². The highest BCUT2D eigenvalue weighted by molar-refractivity contribution is 6.33. The number of H-pyrrole nitrogens is 1. The van der Waals surface area contributed by atoms with Gasteiger partial charge in [0.25, 0.3) is 5.91 Å². The number of carbonyl (C=O) groups is 1. The van der Waals surface area contributed by atoms with E-state index in [-0.39, 0.29) is 11.9 Å². The van der Waals surface area contributed by atoms with E-state index in [1.54, 1.807) is 18.2 Å². The van der Waals surface area contributed by atoms with E-state index in [0.717, 1.165) is 25.9 Å². The third kappa shape index (κ3) is 3.35. The van der Waals surface area contributed by atoms with Gasteiger partial charge in [-0.15, -0.1) is 10.2 Å². The fourth-order valence-corrected chi connectivity index (χ4v) is 3.20. The first-order valence-corrected chi connectivity index (χ1v) is 7.93. The third-order valence-electron chi connectivity index (χ3n) is 4.27. The van der Waals surface area contributed by atoms with Gasteiger partial charge in [-0.05, 0) is 49.8 Å². The van der Waals surface area contributed by atoms with Crippen LogP contribution in [-0.2, 0) is 0 Å². The summed E-state index contributed by atoms with van der Waals surface area (Å²) in [4.78, 5) is 16.8. The zero-order valence-electron chi connectivity index (χ0n) is 13.2.